The van der Waals surface area contributed by atoms with Crippen LogP contribution in [0.1, 0.15) is 32.7 Å². The molecule has 0 unspecified atom stereocenters. The van der Waals surface area contributed by atoms with Gasteiger partial charge in [-0.2, -0.15) is 0 Å². The number of rotatable bonds is 5. The second kappa shape index (κ2) is 10.1. The summed E-state index contributed by atoms with van der Waals surface area (Å²) in [6, 6.07) is 20.4. The Balaban J connectivity index is 1.58. The van der Waals surface area contributed by atoms with Crippen molar-refractivity contribution < 1.29 is 14.4 Å². The van der Waals surface area contributed by atoms with Crippen LogP contribution in [0.15, 0.2) is 71.2 Å². The van der Waals surface area contributed by atoms with Crippen LogP contribution in [-0.4, -0.2) is 22.4 Å². The number of nitrogens with one attached hydrogen (secondary N) is 3. The standard InChI is InChI=1S/C27H25BrN4O3/c1-16-7-9-19(10-8-16)15-29-26(34)27(35)31-32-23-12-11-21(28)13-20(23)14-24(32)25(33)30-22-6-4-5-17(2)18(22)3/h4-14H,15H2,1-3H3,(H,29,34)(H,30,33)(H,31,35). The highest BCUT2D eigenvalue weighted by Gasteiger charge is 2.21. The molecule has 1 aromatic heterocycles. The molecular formula is C27H25BrN4O3. The lowest BCUT2D eigenvalue weighted by atomic mass is 10.1. The lowest BCUT2D eigenvalue weighted by Crippen LogP contribution is -2.39. The van der Waals surface area contributed by atoms with Gasteiger partial charge >= 0.3 is 11.8 Å². The van der Waals surface area contributed by atoms with Crippen molar-refractivity contribution in [2.45, 2.75) is 27.3 Å². The fraction of sp³-hybridized carbons (Fsp3) is 0.148. The molecule has 0 fully saturated rings. The quantitative estimate of drug-likeness (QED) is 0.317. The van der Waals surface area contributed by atoms with Gasteiger partial charge in [-0.25, -0.2) is 4.68 Å². The van der Waals surface area contributed by atoms with Crippen molar-refractivity contribution in [2.24, 2.45) is 0 Å². The van der Waals surface area contributed by atoms with Crippen molar-refractivity contribution in [3.05, 3.63) is 99.2 Å². The van der Waals surface area contributed by atoms with Crippen LogP contribution in [0.3, 0.4) is 0 Å². The number of hydrogen-bond donors (Lipinski definition) is 3. The van der Waals surface area contributed by atoms with Crippen LogP contribution in [0, 0.1) is 20.8 Å². The van der Waals surface area contributed by atoms with E-state index in [1.54, 1.807) is 18.2 Å². The van der Waals surface area contributed by atoms with Crippen LogP contribution in [0.5, 0.6) is 0 Å². The Bertz CT molecular complexity index is 1440. The molecule has 4 rings (SSSR count). The van der Waals surface area contributed by atoms with E-state index in [1.807, 2.05) is 69.3 Å². The van der Waals surface area contributed by atoms with E-state index in [0.29, 0.717) is 11.2 Å². The van der Waals surface area contributed by atoms with E-state index in [2.05, 4.69) is 32.0 Å². The predicted octanol–water partition coefficient (Wildman–Crippen LogP) is 4.97. The molecule has 0 aliphatic heterocycles. The van der Waals surface area contributed by atoms with Gasteiger partial charge in [0.2, 0.25) is 0 Å². The Hall–Kier alpha value is -3.91. The van der Waals surface area contributed by atoms with Crippen LogP contribution >= 0.6 is 15.9 Å². The lowest BCUT2D eigenvalue weighted by molar-refractivity contribution is -0.136. The Labute approximate surface area is 211 Å². The first kappa shape index (κ1) is 24.2. The number of nitrogens with zero attached hydrogens (tertiary/aromatic N) is 1. The monoisotopic (exact) mass is 532 g/mol. The third-order valence-electron chi connectivity index (χ3n) is 5.84. The van der Waals surface area contributed by atoms with E-state index in [9.17, 15) is 14.4 Å². The second-order valence-electron chi connectivity index (χ2n) is 8.38. The van der Waals surface area contributed by atoms with Crippen molar-refractivity contribution in [2.75, 3.05) is 10.7 Å². The number of hydrogen-bond acceptors (Lipinski definition) is 3. The molecule has 35 heavy (non-hydrogen) atoms. The zero-order valence-electron chi connectivity index (χ0n) is 19.6. The molecule has 0 bridgehead atoms. The van der Waals surface area contributed by atoms with Crippen LogP contribution in [0.2, 0.25) is 0 Å². The minimum absolute atomic E-state index is 0.193. The number of anilines is 1. The molecule has 0 aliphatic carbocycles. The third kappa shape index (κ3) is 5.44. The number of carbonyl (C=O) groups excluding carboxylic acids is 3. The number of aromatic nitrogens is 1. The zero-order chi connectivity index (χ0) is 25.1. The molecule has 7 nitrogen and oxygen atoms in total. The molecule has 0 spiro atoms. The molecule has 178 valence electrons. The highest BCUT2D eigenvalue weighted by atomic mass is 79.9. The van der Waals surface area contributed by atoms with Gasteiger partial charge < -0.3 is 10.6 Å². The molecule has 3 aromatic carbocycles. The van der Waals surface area contributed by atoms with E-state index >= 15 is 0 Å². The van der Waals surface area contributed by atoms with Gasteiger partial charge in [-0.05, 0) is 67.8 Å². The van der Waals surface area contributed by atoms with Gasteiger partial charge in [0, 0.05) is 22.1 Å². The number of benzene rings is 3. The molecule has 0 atom stereocenters. The molecule has 0 radical (unpaired) electrons. The fourth-order valence-electron chi connectivity index (χ4n) is 3.67. The summed E-state index contributed by atoms with van der Waals surface area (Å²) in [4.78, 5) is 38.5. The smallest absolute Gasteiger partial charge is 0.328 e. The molecule has 3 amide bonds. The first-order valence-corrected chi connectivity index (χ1v) is 11.9. The van der Waals surface area contributed by atoms with Crippen molar-refractivity contribution in [3.8, 4) is 0 Å². The van der Waals surface area contributed by atoms with Gasteiger partial charge in [0.25, 0.3) is 5.91 Å². The molecule has 0 aliphatic rings. The summed E-state index contributed by atoms with van der Waals surface area (Å²) in [5, 5.41) is 6.26. The van der Waals surface area contributed by atoms with Crippen molar-refractivity contribution in [3.63, 3.8) is 0 Å². The summed E-state index contributed by atoms with van der Waals surface area (Å²) in [6.07, 6.45) is 0. The Morgan fingerprint density at radius 3 is 2.37 bits per heavy atom. The number of halogens is 1. The maximum atomic E-state index is 13.2. The Morgan fingerprint density at radius 1 is 0.886 bits per heavy atom. The van der Waals surface area contributed by atoms with E-state index in [1.165, 1.54) is 4.68 Å². The highest BCUT2D eigenvalue weighted by molar-refractivity contribution is 9.10. The number of carbonyl (C=O) groups is 3. The summed E-state index contributed by atoms with van der Waals surface area (Å²) in [7, 11) is 0. The molecule has 0 saturated carbocycles. The van der Waals surface area contributed by atoms with Gasteiger partial charge in [0.1, 0.15) is 5.69 Å². The van der Waals surface area contributed by atoms with Crippen LogP contribution in [-0.2, 0) is 16.1 Å². The van der Waals surface area contributed by atoms with E-state index < -0.39 is 17.7 Å². The fourth-order valence-corrected chi connectivity index (χ4v) is 4.05. The largest absolute Gasteiger partial charge is 0.344 e. The maximum Gasteiger partial charge on any atom is 0.328 e. The molecule has 0 saturated heterocycles. The van der Waals surface area contributed by atoms with Gasteiger partial charge in [-0.15, -0.1) is 0 Å². The average molecular weight is 533 g/mol. The molecule has 3 N–H and O–H groups in total. The van der Waals surface area contributed by atoms with E-state index in [4.69, 9.17) is 0 Å². The van der Waals surface area contributed by atoms with Crippen LogP contribution in [0.4, 0.5) is 5.69 Å². The molecule has 8 heteroatoms. The van der Waals surface area contributed by atoms with Gasteiger partial charge in [0.15, 0.2) is 0 Å². The normalized spacial score (nSPS) is 10.7. The summed E-state index contributed by atoms with van der Waals surface area (Å²) >= 11 is 3.43. The van der Waals surface area contributed by atoms with Gasteiger partial charge in [0.05, 0.1) is 5.52 Å². The Morgan fingerprint density at radius 2 is 1.63 bits per heavy atom. The summed E-state index contributed by atoms with van der Waals surface area (Å²) in [5.41, 5.74) is 8.01. The summed E-state index contributed by atoms with van der Waals surface area (Å²) < 4.78 is 2.17. The number of aryl methyl sites for hydroxylation is 2. The van der Waals surface area contributed by atoms with Crippen LogP contribution < -0.4 is 16.1 Å². The topological polar surface area (TPSA) is 92.2 Å². The SMILES string of the molecule is Cc1ccc(CNC(=O)C(=O)Nn2c(C(=O)Nc3cccc(C)c3C)cc3cc(Br)ccc32)cc1. The first-order valence-electron chi connectivity index (χ1n) is 11.1. The number of amides is 3. The van der Waals surface area contributed by atoms with E-state index in [0.717, 1.165) is 32.1 Å². The molecular weight excluding hydrogens is 508 g/mol. The minimum atomic E-state index is -0.877. The van der Waals surface area contributed by atoms with Crippen molar-refractivity contribution >= 4 is 50.2 Å². The third-order valence-corrected chi connectivity index (χ3v) is 6.34. The van der Waals surface area contributed by atoms with Gasteiger partial charge in [-0.3, -0.25) is 19.8 Å². The zero-order valence-corrected chi connectivity index (χ0v) is 21.2. The van der Waals surface area contributed by atoms with Crippen molar-refractivity contribution in [1.82, 2.24) is 9.99 Å². The second-order valence-corrected chi connectivity index (χ2v) is 9.29. The molecule has 1 heterocycles. The van der Waals surface area contributed by atoms with Crippen LogP contribution in [0.25, 0.3) is 10.9 Å². The Kier molecular flexibility index (Phi) is 7.02. The average Bonchev–Trinajstić information content (AvgIpc) is 3.18. The predicted molar refractivity (Wildman–Crippen MR) is 141 cm³/mol. The first-order chi connectivity index (χ1) is 16.7. The minimum Gasteiger partial charge on any atom is -0.344 e. The summed E-state index contributed by atoms with van der Waals surface area (Å²) in [5.74, 6) is -2.09. The van der Waals surface area contributed by atoms with Gasteiger partial charge in [-0.1, -0.05) is 57.9 Å². The van der Waals surface area contributed by atoms with E-state index in [-0.39, 0.29) is 12.2 Å². The summed E-state index contributed by atoms with van der Waals surface area (Å²) in [6.45, 7) is 6.09. The highest BCUT2D eigenvalue weighted by Crippen LogP contribution is 2.25. The molecule has 4 aromatic rings. The lowest BCUT2D eigenvalue weighted by Gasteiger charge is -2.14. The van der Waals surface area contributed by atoms with Crippen molar-refractivity contribution in [1.29, 1.82) is 0 Å². The number of fused-ring (bicyclic) bond motifs is 1. The maximum absolute atomic E-state index is 13.2.